The smallest absolute Gasteiger partial charge is 0.399 e. The van der Waals surface area contributed by atoms with E-state index in [4.69, 9.17) is 5.73 Å². The van der Waals surface area contributed by atoms with Crippen LogP contribution in [0.25, 0.3) is 5.69 Å². The van der Waals surface area contributed by atoms with E-state index in [0.29, 0.717) is 24.5 Å². The van der Waals surface area contributed by atoms with Gasteiger partial charge in [-0.25, -0.2) is 4.79 Å². The summed E-state index contributed by atoms with van der Waals surface area (Å²) in [7, 11) is 1.70. The molecule has 4 rings (SSSR count). The molecule has 1 aromatic heterocycles. The Labute approximate surface area is 204 Å². The van der Waals surface area contributed by atoms with Crippen LogP contribution in [0.15, 0.2) is 65.6 Å². The van der Waals surface area contributed by atoms with Crippen molar-refractivity contribution < 1.29 is 22.8 Å². The summed E-state index contributed by atoms with van der Waals surface area (Å²) in [5.41, 5.74) is 5.64. The summed E-state index contributed by atoms with van der Waals surface area (Å²) in [6, 6.07) is 11.6. The minimum absolute atomic E-state index is 0.0722. The van der Waals surface area contributed by atoms with E-state index in [-0.39, 0.29) is 22.8 Å². The number of hydrogen-bond donors (Lipinski definition) is 2. The number of benzene rings is 2. The first-order chi connectivity index (χ1) is 16.9. The van der Waals surface area contributed by atoms with Crippen LogP contribution in [0.1, 0.15) is 34.5 Å². The van der Waals surface area contributed by atoms with Crippen LogP contribution in [-0.4, -0.2) is 41.5 Å². The van der Waals surface area contributed by atoms with E-state index in [1.165, 1.54) is 35.9 Å². The zero-order chi connectivity index (χ0) is 26.2. The van der Waals surface area contributed by atoms with Crippen molar-refractivity contribution in [3.05, 3.63) is 87.8 Å². The molecule has 3 N–H and O–H groups in total. The van der Waals surface area contributed by atoms with E-state index in [1.807, 2.05) is 0 Å². The van der Waals surface area contributed by atoms with Gasteiger partial charge in [0.2, 0.25) is 0 Å². The Kier molecular flexibility index (Phi) is 6.49. The highest BCUT2D eigenvalue weighted by atomic mass is 19.4. The quantitative estimate of drug-likeness (QED) is 0.522. The van der Waals surface area contributed by atoms with Crippen molar-refractivity contribution >= 4 is 23.3 Å². The topological polar surface area (TPSA) is 101 Å². The van der Waals surface area contributed by atoms with Crippen molar-refractivity contribution in [2.45, 2.75) is 19.1 Å². The third-order valence-corrected chi connectivity index (χ3v) is 5.96. The van der Waals surface area contributed by atoms with Gasteiger partial charge in [-0.3, -0.25) is 19.1 Å². The van der Waals surface area contributed by atoms with Crippen LogP contribution in [-0.2, 0) is 6.18 Å². The van der Waals surface area contributed by atoms with Gasteiger partial charge < -0.3 is 16.0 Å². The summed E-state index contributed by atoms with van der Waals surface area (Å²) in [4.78, 5) is 41.0. The number of pyridine rings is 1. The van der Waals surface area contributed by atoms with Crippen LogP contribution in [0.4, 0.5) is 29.3 Å². The van der Waals surface area contributed by atoms with E-state index < -0.39 is 29.2 Å². The van der Waals surface area contributed by atoms with Crippen molar-refractivity contribution in [1.29, 1.82) is 0 Å². The molecule has 0 spiro atoms. The van der Waals surface area contributed by atoms with Gasteiger partial charge in [-0.05, 0) is 55.0 Å². The fraction of sp³-hybridized carbons (Fsp3) is 0.240. The van der Waals surface area contributed by atoms with Crippen LogP contribution in [0.3, 0.4) is 0 Å². The minimum atomic E-state index is -4.58. The molecule has 1 saturated heterocycles. The molecule has 1 aliphatic rings. The third-order valence-electron chi connectivity index (χ3n) is 5.96. The molecule has 0 bridgehead atoms. The van der Waals surface area contributed by atoms with Crippen LogP contribution in [0, 0.1) is 0 Å². The van der Waals surface area contributed by atoms with Gasteiger partial charge in [0.25, 0.3) is 11.5 Å². The Balaban J connectivity index is 1.59. The lowest BCUT2D eigenvalue weighted by molar-refractivity contribution is -0.137. The first-order valence-electron chi connectivity index (χ1n) is 11.1. The molecule has 36 heavy (non-hydrogen) atoms. The summed E-state index contributed by atoms with van der Waals surface area (Å²) < 4.78 is 40.7. The molecule has 3 aromatic rings. The number of aromatic nitrogens is 1. The number of urea groups is 1. The first-order valence-corrected chi connectivity index (χ1v) is 11.1. The molecule has 2 aromatic carbocycles. The Morgan fingerprint density at radius 1 is 1.03 bits per heavy atom. The fourth-order valence-corrected chi connectivity index (χ4v) is 3.97. The van der Waals surface area contributed by atoms with E-state index in [1.54, 1.807) is 41.1 Å². The maximum absolute atomic E-state index is 13.2. The molecule has 11 heteroatoms. The zero-order valence-corrected chi connectivity index (χ0v) is 19.5. The first kappa shape index (κ1) is 24.8. The number of nitrogens with zero attached hydrogens (tertiary/aromatic N) is 3. The lowest BCUT2D eigenvalue weighted by Gasteiger charge is -2.18. The van der Waals surface area contributed by atoms with Gasteiger partial charge in [-0.2, -0.15) is 13.2 Å². The fourth-order valence-electron chi connectivity index (χ4n) is 3.97. The summed E-state index contributed by atoms with van der Waals surface area (Å²) in [5, 5.41) is 2.65. The number of rotatable bonds is 5. The number of alkyl halides is 3. The molecule has 1 fully saturated rings. The average Bonchev–Trinajstić information content (AvgIpc) is 3.16. The second-order valence-electron chi connectivity index (χ2n) is 8.58. The number of carbonyl (C=O) groups excluding carboxylic acids is 2. The molecule has 2 heterocycles. The number of halogens is 3. The predicted molar refractivity (Wildman–Crippen MR) is 129 cm³/mol. The number of carbonyl (C=O) groups is 2. The van der Waals surface area contributed by atoms with E-state index in [0.717, 1.165) is 12.1 Å². The summed E-state index contributed by atoms with van der Waals surface area (Å²) in [5.74, 6) is -0.584. The van der Waals surface area contributed by atoms with Gasteiger partial charge >= 0.3 is 12.2 Å². The maximum atomic E-state index is 13.2. The number of anilines is 2. The van der Waals surface area contributed by atoms with Crippen LogP contribution < -0.4 is 21.5 Å². The Hall–Kier alpha value is -4.28. The van der Waals surface area contributed by atoms with Crippen LogP contribution >= 0.6 is 0 Å². The standard InChI is InChI=1S/C25H24F3N5O3/c1-15(17-10-18(25(26,27)28)12-19(29)11-17)30-23(35)16-6-7-22(34)33(14-16)21-5-3-4-20(13-21)32-9-8-31(2)24(32)36/h3-7,10-15H,8-9,29H2,1-2H3,(H,30,35). The molecule has 0 radical (unpaired) electrons. The summed E-state index contributed by atoms with van der Waals surface area (Å²) in [6.45, 7) is 2.62. The molecule has 1 atom stereocenters. The Morgan fingerprint density at radius 2 is 1.75 bits per heavy atom. The Bertz CT molecular complexity index is 1390. The second kappa shape index (κ2) is 9.40. The number of nitrogen functional groups attached to an aromatic ring is 1. The molecule has 0 saturated carbocycles. The molecule has 1 unspecified atom stereocenters. The van der Waals surface area contributed by atoms with Crippen molar-refractivity contribution in [3.8, 4) is 5.69 Å². The molecular weight excluding hydrogens is 475 g/mol. The maximum Gasteiger partial charge on any atom is 0.416 e. The highest BCUT2D eigenvalue weighted by Gasteiger charge is 2.31. The van der Waals surface area contributed by atoms with Crippen LogP contribution in [0.5, 0.6) is 0 Å². The SMILES string of the molecule is CC(NC(=O)c1ccc(=O)n(-c2cccc(N3CCN(C)C3=O)c2)c1)c1cc(N)cc(C(F)(F)F)c1. The van der Waals surface area contributed by atoms with Crippen LogP contribution in [0.2, 0.25) is 0 Å². The van der Waals surface area contributed by atoms with E-state index in [2.05, 4.69) is 5.32 Å². The van der Waals surface area contributed by atoms with Crippen molar-refractivity contribution in [2.24, 2.45) is 0 Å². The number of amides is 3. The third kappa shape index (κ3) is 5.04. The molecule has 0 aliphatic carbocycles. The number of hydrogen-bond acceptors (Lipinski definition) is 4. The highest BCUT2D eigenvalue weighted by Crippen LogP contribution is 2.32. The minimum Gasteiger partial charge on any atom is -0.399 e. The largest absolute Gasteiger partial charge is 0.416 e. The Morgan fingerprint density at radius 3 is 2.42 bits per heavy atom. The van der Waals surface area contributed by atoms with Crippen molar-refractivity contribution in [3.63, 3.8) is 0 Å². The van der Waals surface area contributed by atoms with Gasteiger partial charge in [0, 0.05) is 43.8 Å². The lowest BCUT2D eigenvalue weighted by Crippen LogP contribution is -2.30. The van der Waals surface area contributed by atoms with Gasteiger partial charge in [0.15, 0.2) is 0 Å². The normalized spacial score (nSPS) is 14.8. The monoisotopic (exact) mass is 499 g/mol. The second-order valence-corrected chi connectivity index (χ2v) is 8.58. The molecule has 3 amide bonds. The number of nitrogens with two attached hydrogens (primary N) is 1. The van der Waals surface area contributed by atoms with Gasteiger partial charge in [0.05, 0.1) is 22.9 Å². The van der Waals surface area contributed by atoms with Gasteiger partial charge in [-0.15, -0.1) is 0 Å². The van der Waals surface area contributed by atoms with Crippen molar-refractivity contribution in [1.82, 2.24) is 14.8 Å². The predicted octanol–water partition coefficient (Wildman–Crippen LogP) is 3.80. The molecular formula is C25H24F3N5O3. The van der Waals surface area contributed by atoms with Gasteiger partial charge in [-0.1, -0.05) is 6.07 Å². The molecule has 188 valence electrons. The highest BCUT2D eigenvalue weighted by molar-refractivity contribution is 5.95. The molecule has 1 aliphatic heterocycles. The zero-order valence-electron chi connectivity index (χ0n) is 19.5. The van der Waals surface area contributed by atoms with E-state index in [9.17, 15) is 27.6 Å². The average molecular weight is 499 g/mol. The number of likely N-dealkylation sites (N-methyl/N-ethyl adjacent to an activating group) is 1. The summed E-state index contributed by atoms with van der Waals surface area (Å²) >= 11 is 0. The summed E-state index contributed by atoms with van der Waals surface area (Å²) in [6.07, 6.45) is -3.23. The number of nitrogens with one attached hydrogen (secondary N) is 1. The van der Waals surface area contributed by atoms with Crippen molar-refractivity contribution in [2.75, 3.05) is 30.8 Å². The molecule has 8 nitrogen and oxygen atoms in total. The van der Waals surface area contributed by atoms with E-state index >= 15 is 0 Å². The lowest BCUT2D eigenvalue weighted by atomic mass is 10.0. The van der Waals surface area contributed by atoms with Gasteiger partial charge in [0.1, 0.15) is 0 Å².